The van der Waals surface area contributed by atoms with Gasteiger partial charge in [-0.1, -0.05) is 42.8 Å². The molecular weight excluding hydrogens is 506 g/mol. The van der Waals surface area contributed by atoms with Gasteiger partial charge in [-0.15, -0.1) is 0 Å². The summed E-state index contributed by atoms with van der Waals surface area (Å²) in [5.74, 6) is 0.429. The zero-order valence-corrected chi connectivity index (χ0v) is 21.4. The molecule has 3 aromatic carbocycles. The van der Waals surface area contributed by atoms with E-state index in [9.17, 15) is 23.3 Å². The minimum Gasteiger partial charge on any atom is -0.492 e. The average Bonchev–Trinajstić information content (AvgIpc) is 2.85. The molecule has 0 aliphatic heterocycles. The number of hydrogen-bond donors (Lipinski definition) is 1. The van der Waals surface area contributed by atoms with Gasteiger partial charge in [-0.05, 0) is 47.9 Å². The number of nitrogens with one attached hydrogen (secondary N) is 1. The third kappa shape index (κ3) is 7.19. The normalized spacial score (nSPS) is 11.1. The van der Waals surface area contributed by atoms with Crippen LogP contribution >= 0.6 is 11.6 Å². The fourth-order valence-corrected chi connectivity index (χ4v) is 4.53. The van der Waals surface area contributed by atoms with Crippen molar-refractivity contribution in [3.05, 3.63) is 98.6 Å². The van der Waals surface area contributed by atoms with Crippen LogP contribution in [0.2, 0.25) is 5.02 Å². The quantitative estimate of drug-likeness (QED) is 0.220. The van der Waals surface area contributed by atoms with Crippen LogP contribution in [0.3, 0.4) is 0 Å². The van der Waals surface area contributed by atoms with Crippen molar-refractivity contribution in [1.82, 2.24) is 5.32 Å². The van der Waals surface area contributed by atoms with Crippen LogP contribution in [0.15, 0.2) is 66.7 Å². The van der Waals surface area contributed by atoms with Crippen molar-refractivity contribution >= 4 is 38.9 Å². The molecule has 0 radical (unpaired) electrons. The second-order valence-electron chi connectivity index (χ2n) is 7.96. The summed E-state index contributed by atoms with van der Waals surface area (Å²) in [6.07, 6.45) is 1.94. The molecule has 3 rings (SSSR count). The molecule has 3 aromatic rings. The molecule has 0 aliphatic carbocycles. The number of carbonyl (C=O) groups excluding carboxylic acids is 1. The fraction of sp³-hybridized carbons (Fsp3) is 0.240. The molecule has 9 nitrogen and oxygen atoms in total. The summed E-state index contributed by atoms with van der Waals surface area (Å²) in [7, 11) is -3.82. The number of ether oxygens (including phenoxy) is 1. The lowest BCUT2D eigenvalue weighted by Crippen LogP contribution is -2.30. The largest absolute Gasteiger partial charge is 0.492 e. The predicted octanol–water partition coefficient (Wildman–Crippen LogP) is 4.59. The van der Waals surface area contributed by atoms with Gasteiger partial charge in [0.25, 0.3) is 11.6 Å². The molecule has 0 bridgehead atoms. The minimum absolute atomic E-state index is 0.000444. The molecule has 0 atom stereocenters. The Morgan fingerprint density at radius 1 is 1.06 bits per heavy atom. The maximum absolute atomic E-state index is 12.4. The maximum Gasteiger partial charge on any atom is 0.271 e. The molecule has 0 saturated heterocycles. The Morgan fingerprint density at radius 2 is 1.69 bits per heavy atom. The van der Waals surface area contributed by atoms with Gasteiger partial charge >= 0.3 is 0 Å². The van der Waals surface area contributed by atoms with Crippen LogP contribution in [-0.2, 0) is 23.0 Å². The lowest BCUT2D eigenvalue weighted by atomic mass is 10.1. The van der Waals surface area contributed by atoms with Gasteiger partial charge in [-0.2, -0.15) is 0 Å². The van der Waals surface area contributed by atoms with Gasteiger partial charge in [0.15, 0.2) is 0 Å². The number of rotatable bonds is 11. The lowest BCUT2D eigenvalue weighted by Gasteiger charge is -2.23. The van der Waals surface area contributed by atoms with Crippen molar-refractivity contribution < 1.29 is 22.9 Å². The van der Waals surface area contributed by atoms with Gasteiger partial charge < -0.3 is 10.1 Å². The Bertz CT molecular complexity index is 1330. The van der Waals surface area contributed by atoms with Crippen LogP contribution in [0.4, 0.5) is 11.4 Å². The first-order chi connectivity index (χ1) is 17.1. The number of nitro groups is 1. The van der Waals surface area contributed by atoms with Gasteiger partial charge in [0, 0.05) is 17.7 Å². The molecule has 1 N–H and O–H groups in total. The number of halogens is 1. The molecular formula is C25H26ClN3O6S. The van der Waals surface area contributed by atoms with E-state index in [1.165, 1.54) is 17.7 Å². The first-order valence-electron chi connectivity index (χ1n) is 11.1. The van der Waals surface area contributed by atoms with Gasteiger partial charge in [0.2, 0.25) is 10.0 Å². The summed E-state index contributed by atoms with van der Waals surface area (Å²) in [5.41, 5.74) is 1.90. The number of benzene rings is 3. The van der Waals surface area contributed by atoms with Crippen molar-refractivity contribution in [2.75, 3.05) is 23.7 Å². The highest BCUT2D eigenvalue weighted by Gasteiger charge is 2.23. The van der Waals surface area contributed by atoms with E-state index in [0.29, 0.717) is 24.3 Å². The van der Waals surface area contributed by atoms with E-state index in [2.05, 4.69) is 12.2 Å². The summed E-state index contributed by atoms with van der Waals surface area (Å²) in [6, 6.07) is 17.7. The first kappa shape index (κ1) is 27.0. The molecule has 190 valence electrons. The smallest absolute Gasteiger partial charge is 0.271 e. The zero-order chi connectivity index (χ0) is 26.3. The lowest BCUT2D eigenvalue weighted by molar-refractivity contribution is -0.384. The average molecular weight is 532 g/mol. The van der Waals surface area contributed by atoms with Crippen LogP contribution in [0.1, 0.15) is 28.4 Å². The van der Waals surface area contributed by atoms with E-state index < -0.39 is 14.9 Å². The van der Waals surface area contributed by atoms with Crippen LogP contribution in [-0.4, -0.2) is 38.7 Å². The zero-order valence-electron chi connectivity index (χ0n) is 19.8. The highest BCUT2D eigenvalue weighted by atomic mass is 35.5. The number of anilines is 1. The molecule has 0 fully saturated rings. The first-order valence-corrected chi connectivity index (χ1v) is 13.3. The number of hydrogen-bond acceptors (Lipinski definition) is 6. The van der Waals surface area contributed by atoms with Gasteiger partial charge in [0.05, 0.1) is 35.0 Å². The standard InChI is InChI=1S/C25H26ClN3O6S/c1-3-18-6-11-22(12-7-18)35-15-14-27-25(30)20-8-4-19(5-9-20)17-28(36(2,33)34)24-16-21(29(31)32)10-13-23(24)26/h4-13,16H,3,14-15,17H2,1-2H3,(H,27,30). The van der Waals surface area contributed by atoms with Crippen LogP contribution < -0.4 is 14.4 Å². The van der Waals surface area contributed by atoms with Crippen LogP contribution in [0.25, 0.3) is 0 Å². The Kier molecular flexibility index (Phi) is 8.89. The molecule has 0 heterocycles. The van der Waals surface area contributed by atoms with E-state index >= 15 is 0 Å². The molecule has 36 heavy (non-hydrogen) atoms. The van der Waals surface area contributed by atoms with Crippen molar-refractivity contribution in [2.24, 2.45) is 0 Å². The monoisotopic (exact) mass is 531 g/mol. The van der Waals surface area contributed by atoms with Crippen LogP contribution in [0.5, 0.6) is 5.75 Å². The van der Waals surface area contributed by atoms with Crippen molar-refractivity contribution in [2.45, 2.75) is 19.9 Å². The maximum atomic E-state index is 12.4. The third-order valence-corrected chi connectivity index (χ3v) is 6.79. The van der Waals surface area contributed by atoms with E-state index in [0.717, 1.165) is 28.8 Å². The summed E-state index contributed by atoms with van der Waals surface area (Å²) >= 11 is 6.16. The summed E-state index contributed by atoms with van der Waals surface area (Å²) in [4.78, 5) is 23.0. The number of aryl methyl sites for hydroxylation is 1. The third-order valence-electron chi connectivity index (χ3n) is 5.34. The molecule has 0 aliphatic rings. The predicted molar refractivity (Wildman–Crippen MR) is 139 cm³/mol. The number of non-ortho nitro benzene ring substituents is 1. The second-order valence-corrected chi connectivity index (χ2v) is 10.3. The van der Waals surface area contributed by atoms with Crippen molar-refractivity contribution in [3.8, 4) is 5.75 Å². The Morgan fingerprint density at radius 3 is 2.28 bits per heavy atom. The van der Waals surface area contributed by atoms with Crippen molar-refractivity contribution in [3.63, 3.8) is 0 Å². The molecule has 0 spiro atoms. The Balaban J connectivity index is 1.62. The summed E-state index contributed by atoms with van der Waals surface area (Å²) in [6.45, 7) is 2.57. The van der Waals surface area contributed by atoms with Gasteiger partial charge in [-0.3, -0.25) is 19.2 Å². The number of sulfonamides is 1. The molecule has 0 saturated carbocycles. The highest BCUT2D eigenvalue weighted by molar-refractivity contribution is 7.92. The topological polar surface area (TPSA) is 119 Å². The number of amides is 1. The Hall–Kier alpha value is -3.63. The molecule has 1 amide bonds. The highest BCUT2D eigenvalue weighted by Crippen LogP contribution is 2.32. The van der Waals surface area contributed by atoms with Gasteiger partial charge in [0.1, 0.15) is 12.4 Å². The molecule has 0 unspecified atom stereocenters. The van der Waals surface area contributed by atoms with E-state index in [-0.39, 0.29) is 28.8 Å². The minimum atomic E-state index is -3.82. The fourth-order valence-electron chi connectivity index (χ4n) is 3.37. The van der Waals surface area contributed by atoms with E-state index in [1.807, 2.05) is 24.3 Å². The number of carbonyl (C=O) groups is 1. The Labute approximate surface area is 214 Å². The molecule has 11 heteroatoms. The van der Waals surface area contributed by atoms with Gasteiger partial charge in [-0.25, -0.2) is 8.42 Å². The second kappa shape index (κ2) is 11.9. The van der Waals surface area contributed by atoms with Crippen molar-refractivity contribution in [1.29, 1.82) is 0 Å². The summed E-state index contributed by atoms with van der Waals surface area (Å²) < 4.78 is 31.5. The SMILES string of the molecule is CCc1ccc(OCCNC(=O)c2ccc(CN(c3cc([N+](=O)[O-])ccc3Cl)S(C)(=O)=O)cc2)cc1. The molecule has 0 aromatic heterocycles. The van der Waals surface area contributed by atoms with Crippen LogP contribution in [0, 0.1) is 10.1 Å². The summed E-state index contributed by atoms with van der Waals surface area (Å²) in [5, 5.41) is 14.0. The number of nitrogens with zero attached hydrogens (tertiary/aromatic N) is 2. The van der Waals surface area contributed by atoms with E-state index in [4.69, 9.17) is 16.3 Å². The van der Waals surface area contributed by atoms with E-state index in [1.54, 1.807) is 24.3 Å². The number of nitro benzene ring substituents is 1.